The first kappa shape index (κ1) is 20.5. The number of rotatable bonds is 2. The van der Waals surface area contributed by atoms with Gasteiger partial charge in [-0.25, -0.2) is 0 Å². The molecule has 0 saturated heterocycles. The third-order valence-corrected chi connectivity index (χ3v) is 10.7. The van der Waals surface area contributed by atoms with Gasteiger partial charge in [-0.3, -0.25) is 9.59 Å². The zero-order valence-electron chi connectivity index (χ0n) is 19.2. The van der Waals surface area contributed by atoms with Gasteiger partial charge in [0.2, 0.25) is 0 Å². The molecular formula is C27H38O3. The van der Waals surface area contributed by atoms with Crippen molar-refractivity contribution in [2.75, 3.05) is 0 Å². The van der Waals surface area contributed by atoms with Crippen LogP contribution in [0.1, 0.15) is 85.5 Å². The molecule has 0 N–H and O–H groups in total. The third kappa shape index (κ3) is 2.56. The molecule has 3 fully saturated rings. The average molecular weight is 411 g/mol. The molecule has 0 aromatic heterocycles. The first-order valence-electron chi connectivity index (χ1n) is 12.2. The highest BCUT2D eigenvalue weighted by atomic mass is 16.5. The lowest BCUT2D eigenvalue weighted by atomic mass is 9.44. The summed E-state index contributed by atoms with van der Waals surface area (Å²) in [6.45, 7) is 8.38. The molecule has 3 nitrogen and oxygen atoms in total. The Hall–Kier alpha value is -1.38. The fraction of sp³-hybridized carbons (Fsp3) is 0.778. The Balaban J connectivity index is 1.47. The van der Waals surface area contributed by atoms with Crippen LogP contribution in [-0.4, -0.2) is 17.9 Å². The predicted molar refractivity (Wildman–Crippen MR) is 118 cm³/mol. The Bertz CT molecular complexity index is 824. The summed E-state index contributed by atoms with van der Waals surface area (Å²) < 4.78 is 5.59. The first-order chi connectivity index (χ1) is 14.2. The van der Waals surface area contributed by atoms with Crippen LogP contribution >= 0.6 is 0 Å². The maximum Gasteiger partial charge on any atom is 0.302 e. The van der Waals surface area contributed by atoms with Gasteiger partial charge in [0.1, 0.15) is 11.9 Å². The molecule has 0 aromatic carbocycles. The van der Waals surface area contributed by atoms with Gasteiger partial charge in [0.05, 0.1) is 0 Å². The number of Topliss-reactive ketones (excluding diaryl/α,β-unsaturated/α-hetero) is 1. The molecule has 0 aliphatic heterocycles. The van der Waals surface area contributed by atoms with E-state index in [1.807, 2.05) is 6.92 Å². The maximum absolute atomic E-state index is 13.2. The van der Waals surface area contributed by atoms with Crippen LogP contribution < -0.4 is 0 Å². The summed E-state index contributed by atoms with van der Waals surface area (Å²) >= 11 is 0. The van der Waals surface area contributed by atoms with E-state index in [9.17, 15) is 9.59 Å². The number of hydrogen-bond donors (Lipinski definition) is 0. The van der Waals surface area contributed by atoms with Gasteiger partial charge in [-0.15, -0.1) is 0 Å². The van der Waals surface area contributed by atoms with Gasteiger partial charge in [0.25, 0.3) is 0 Å². The Morgan fingerprint density at radius 2 is 1.83 bits per heavy atom. The van der Waals surface area contributed by atoms with Gasteiger partial charge in [-0.2, -0.15) is 0 Å². The molecule has 3 heteroatoms. The SMILES string of the molecule is CC(=O)O[C@H]1CC[C@@]2(C)C(=CC[C@H]3[C@H]2CC[C@@]2(C)[C@H]3C[C@@H]3CC=CC[C@@]32C(C)=O)C1. The van der Waals surface area contributed by atoms with Crippen LogP contribution in [0.2, 0.25) is 0 Å². The highest BCUT2D eigenvalue weighted by Gasteiger charge is 2.68. The molecule has 5 aliphatic carbocycles. The van der Waals surface area contributed by atoms with E-state index >= 15 is 0 Å². The molecule has 0 spiro atoms. The highest BCUT2D eigenvalue weighted by molar-refractivity contribution is 5.85. The topological polar surface area (TPSA) is 43.4 Å². The second-order valence-corrected chi connectivity index (χ2v) is 11.6. The van der Waals surface area contributed by atoms with Crippen LogP contribution in [0.15, 0.2) is 23.8 Å². The zero-order chi connectivity index (χ0) is 21.3. The molecule has 0 aromatic rings. The summed E-state index contributed by atoms with van der Waals surface area (Å²) in [7, 11) is 0. The van der Waals surface area contributed by atoms with Crippen molar-refractivity contribution in [3.63, 3.8) is 0 Å². The van der Waals surface area contributed by atoms with E-state index in [2.05, 4.69) is 32.1 Å². The monoisotopic (exact) mass is 410 g/mol. The first-order valence-corrected chi connectivity index (χ1v) is 12.2. The smallest absolute Gasteiger partial charge is 0.302 e. The Morgan fingerprint density at radius 1 is 1.03 bits per heavy atom. The molecule has 30 heavy (non-hydrogen) atoms. The van der Waals surface area contributed by atoms with Crippen molar-refractivity contribution in [3.05, 3.63) is 23.8 Å². The second-order valence-electron chi connectivity index (χ2n) is 11.6. The van der Waals surface area contributed by atoms with E-state index in [4.69, 9.17) is 4.74 Å². The largest absolute Gasteiger partial charge is 0.462 e. The van der Waals surface area contributed by atoms with Crippen LogP contribution in [0, 0.1) is 39.9 Å². The number of ether oxygens (including phenoxy) is 1. The second kappa shape index (κ2) is 6.81. The van der Waals surface area contributed by atoms with E-state index in [0.29, 0.717) is 29.5 Å². The lowest BCUT2D eigenvalue weighted by Crippen LogP contribution is -2.55. The van der Waals surface area contributed by atoms with E-state index in [1.165, 1.54) is 26.2 Å². The van der Waals surface area contributed by atoms with Crippen LogP contribution in [0.25, 0.3) is 0 Å². The van der Waals surface area contributed by atoms with E-state index in [-0.39, 0.29) is 28.3 Å². The number of ketones is 1. The molecule has 0 unspecified atom stereocenters. The highest BCUT2D eigenvalue weighted by Crippen LogP contribution is 2.73. The van der Waals surface area contributed by atoms with Gasteiger partial charge in [-0.1, -0.05) is 37.6 Å². The minimum absolute atomic E-state index is 0.0636. The van der Waals surface area contributed by atoms with E-state index in [0.717, 1.165) is 38.5 Å². The molecule has 0 bridgehead atoms. The summed E-state index contributed by atoms with van der Waals surface area (Å²) in [5.41, 5.74) is 1.81. The molecule has 0 amide bonds. The molecule has 8 atom stereocenters. The van der Waals surface area contributed by atoms with Crippen molar-refractivity contribution in [1.29, 1.82) is 0 Å². The van der Waals surface area contributed by atoms with Crippen molar-refractivity contribution in [3.8, 4) is 0 Å². The number of hydrogen-bond acceptors (Lipinski definition) is 3. The standard InChI is InChI=1S/C27H38O3/c1-17(28)27-12-6-5-7-20(27)16-24-22-9-8-19-15-21(30-18(2)29)10-13-25(19,3)23(22)11-14-26(24,27)4/h5-6,8,20-24H,7,9-16H2,1-4H3/t20-,21-,22-,23+,24-,25-,26-,27+/m0/s1. The Labute approximate surface area is 181 Å². The van der Waals surface area contributed by atoms with Gasteiger partial charge in [-0.05, 0) is 92.8 Å². The van der Waals surface area contributed by atoms with Crippen molar-refractivity contribution in [1.82, 2.24) is 0 Å². The van der Waals surface area contributed by atoms with Crippen LogP contribution in [0.4, 0.5) is 0 Å². The molecule has 0 radical (unpaired) electrons. The van der Waals surface area contributed by atoms with Crippen LogP contribution in [0.5, 0.6) is 0 Å². The summed E-state index contributed by atoms with van der Waals surface area (Å²) in [6, 6.07) is 0. The molecule has 5 aliphatic rings. The number of fused-ring (bicyclic) bond motifs is 7. The minimum Gasteiger partial charge on any atom is -0.462 e. The van der Waals surface area contributed by atoms with Crippen LogP contribution in [-0.2, 0) is 14.3 Å². The number of carbonyl (C=O) groups is 2. The fourth-order valence-electron chi connectivity index (χ4n) is 9.31. The van der Waals surface area contributed by atoms with E-state index in [1.54, 1.807) is 5.57 Å². The quantitative estimate of drug-likeness (QED) is 0.412. The molecule has 164 valence electrons. The summed E-state index contributed by atoms with van der Waals surface area (Å²) in [5.74, 6) is 2.90. The van der Waals surface area contributed by atoms with Crippen molar-refractivity contribution >= 4 is 11.8 Å². The van der Waals surface area contributed by atoms with Crippen molar-refractivity contribution < 1.29 is 14.3 Å². The average Bonchev–Trinajstić information content (AvgIpc) is 2.98. The van der Waals surface area contributed by atoms with Crippen molar-refractivity contribution in [2.45, 2.75) is 91.6 Å². The van der Waals surface area contributed by atoms with Gasteiger partial charge in [0.15, 0.2) is 0 Å². The number of carbonyl (C=O) groups excluding carboxylic acids is 2. The summed E-state index contributed by atoms with van der Waals surface area (Å²) in [5, 5.41) is 0. The lowest BCUT2D eigenvalue weighted by Gasteiger charge is -2.60. The van der Waals surface area contributed by atoms with Gasteiger partial charge >= 0.3 is 5.97 Å². The molecule has 3 saturated carbocycles. The summed E-state index contributed by atoms with van der Waals surface area (Å²) in [6.07, 6.45) is 17.1. The molecular weight excluding hydrogens is 372 g/mol. The number of esters is 1. The maximum atomic E-state index is 13.2. The minimum atomic E-state index is -0.150. The molecule has 0 heterocycles. The summed E-state index contributed by atoms with van der Waals surface area (Å²) in [4.78, 5) is 24.6. The normalized spacial score (nSPS) is 49.2. The van der Waals surface area contributed by atoms with Gasteiger partial charge in [0, 0.05) is 18.8 Å². The number of allylic oxidation sites excluding steroid dienone is 3. The fourth-order valence-corrected chi connectivity index (χ4v) is 9.31. The Morgan fingerprint density at radius 3 is 2.57 bits per heavy atom. The lowest BCUT2D eigenvalue weighted by molar-refractivity contribution is -0.150. The third-order valence-electron chi connectivity index (χ3n) is 10.7. The predicted octanol–water partition coefficient (Wildman–Crippen LogP) is 6.03. The van der Waals surface area contributed by atoms with E-state index < -0.39 is 0 Å². The zero-order valence-corrected chi connectivity index (χ0v) is 19.2. The Kier molecular flexibility index (Phi) is 4.66. The molecule has 5 rings (SSSR count). The van der Waals surface area contributed by atoms with Gasteiger partial charge < -0.3 is 4.74 Å². The van der Waals surface area contributed by atoms with Crippen molar-refractivity contribution in [2.24, 2.45) is 39.9 Å². The van der Waals surface area contributed by atoms with Crippen LogP contribution in [0.3, 0.4) is 0 Å².